The second kappa shape index (κ2) is 10.2. The number of aliphatic hydroxyl groups excluding tert-OH is 1. The molecule has 6 heteroatoms. The van der Waals surface area contributed by atoms with Gasteiger partial charge in [-0.15, -0.1) is 0 Å². The van der Waals surface area contributed by atoms with Gasteiger partial charge in [-0.3, -0.25) is 0 Å². The average Bonchev–Trinajstić information content (AvgIpc) is 2.86. The van der Waals surface area contributed by atoms with Crippen LogP contribution < -0.4 is 0 Å². The Labute approximate surface area is 192 Å². The number of hydrogen-bond acceptors (Lipinski definition) is 6. The highest BCUT2D eigenvalue weighted by atomic mass is 32.2. The predicted molar refractivity (Wildman–Crippen MR) is 122 cm³/mol. The van der Waals surface area contributed by atoms with Gasteiger partial charge in [0.15, 0.2) is 6.29 Å². The molecule has 32 heavy (non-hydrogen) atoms. The van der Waals surface area contributed by atoms with Crippen LogP contribution in [0.2, 0.25) is 0 Å². The summed E-state index contributed by atoms with van der Waals surface area (Å²) in [6.07, 6.45) is -2.71. The molecular weight excluding hydrogens is 424 g/mol. The van der Waals surface area contributed by atoms with Gasteiger partial charge in [0.25, 0.3) is 0 Å². The van der Waals surface area contributed by atoms with E-state index < -0.39 is 30.0 Å². The van der Waals surface area contributed by atoms with Gasteiger partial charge in [0.1, 0.15) is 29.9 Å². The Balaban J connectivity index is 1.36. The summed E-state index contributed by atoms with van der Waals surface area (Å²) in [5.74, 6) is 0. The van der Waals surface area contributed by atoms with Crippen molar-refractivity contribution in [1.82, 2.24) is 0 Å². The summed E-state index contributed by atoms with van der Waals surface area (Å²) >= 11 is 1.49. The standard InChI is InChI=1S/C26H26O5S/c27-22-24(28-16-18-10-4-1-5-11-18)23-21(30-26(22)32-20-14-8-3-9-15-20)17-29-25(31-23)19-12-6-2-7-13-19/h1-15,21-27H,16-17H2/t21-,22-,23+,24-,25?,26+/m1/s1. The Bertz CT molecular complexity index is 971. The lowest BCUT2D eigenvalue weighted by atomic mass is 9.98. The third-order valence-corrected chi connectivity index (χ3v) is 6.83. The normalized spacial score (nSPS) is 29.9. The molecular formula is C26H26O5S. The van der Waals surface area contributed by atoms with E-state index in [0.29, 0.717) is 13.2 Å². The molecule has 5 nitrogen and oxygen atoms in total. The van der Waals surface area contributed by atoms with Crippen LogP contribution in [0.4, 0.5) is 0 Å². The molecule has 2 heterocycles. The topological polar surface area (TPSA) is 57.2 Å². The molecule has 3 aromatic carbocycles. The molecule has 2 aliphatic heterocycles. The zero-order valence-corrected chi connectivity index (χ0v) is 18.3. The van der Waals surface area contributed by atoms with Crippen molar-refractivity contribution in [1.29, 1.82) is 0 Å². The molecule has 0 aromatic heterocycles. The minimum atomic E-state index is -0.861. The quantitative estimate of drug-likeness (QED) is 0.594. The first-order valence-corrected chi connectivity index (χ1v) is 11.7. The van der Waals surface area contributed by atoms with Gasteiger partial charge >= 0.3 is 0 Å². The van der Waals surface area contributed by atoms with Crippen LogP contribution in [-0.4, -0.2) is 41.6 Å². The lowest BCUT2D eigenvalue weighted by Gasteiger charge is -2.47. The largest absolute Gasteiger partial charge is 0.387 e. The first kappa shape index (κ1) is 21.6. The van der Waals surface area contributed by atoms with E-state index in [0.717, 1.165) is 16.0 Å². The summed E-state index contributed by atoms with van der Waals surface area (Å²) in [5, 5.41) is 11.3. The highest BCUT2D eigenvalue weighted by molar-refractivity contribution is 7.99. The molecule has 3 aromatic rings. The van der Waals surface area contributed by atoms with Crippen LogP contribution in [0.25, 0.3) is 0 Å². The van der Waals surface area contributed by atoms with Crippen molar-refractivity contribution in [3.8, 4) is 0 Å². The van der Waals surface area contributed by atoms with Gasteiger partial charge in [-0.05, 0) is 17.7 Å². The van der Waals surface area contributed by atoms with E-state index in [1.54, 1.807) is 0 Å². The highest BCUT2D eigenvalue weighted by Gasteiger charge is 2.50. The lowest BCUT2D eigenvalue weighted by Crippen LogP contribution is -2.61. The summed E-state index contributed by atoms with van der Waals surface area (Å²) < 4.78 is 24.8. The van der Waals surface area contributed by atoms with Gasteiger partial charge < -0.3 is 24.1 Å². The maximum absolute atomic E-state index is 11.3. The van der Waals surface area contributed by atoms with E-state index in [2.05, 4.69) is 0 Å². The van der Waals surface area contributed by atoms with Gasteiger partial charge in [0, 0.05) is 10.5 Å². The monoisotopic (exact) mass is 450 g/mol. The van der Waals surface area contributed by atoms with Crippen LogP contribution in [0.3, 0.4) is 0 Å². The zero-order valence-electron chi connectivity index (χ0n) is 17.5. The number of ether oxygens (including phenoxy) is 4. The van der Waals surface area contributed by atoms with Gasteiger partial charge in [0.05, 0.1) is 13.2 Å². The second-order valence-corrected chi connectivity index (χ2v) is 9.07. The first-order chi connectivity index (χ1) is 15.8. The third kappa shape index (κ3) is 4.91. The molecule has 0 spiro atoms. The number of rotatable bonds is 6. The minimum absolute atomic E-state index is 0.333. The number of aliphatic hydroxyl groups is 1. The van der Waals surface area contributed by atoms with Crippen molar-refractivity contribution in [3.05, 3.63) is 102 Å². The fourth-order valence-corrected chi connectivity index (χ4v) is 5.11. The molecule has 166 valence electrons. The molecule has 1 N–H and O–H groups in total. The van der Waals surface area contributed by atoms with Crippen molar-refractivity contribution in [2.75, 3.05) is 6.61 Å². The molecule has 5 rings (SSSR count). The van der Waals surface area contributed by atoms with Crippen LogP contribution in [0, 0.1) is 0 Å². The highest BCUT2D eigenvalue weighted by Crippen LogP contribution is 2.40. The molecule has 0 radical (unpaired) electrons. The van der Waals surface area contributed by atoms with Crippen LogP contribution in [0.1, 0.15) is 17.4 Å². The van der Waals surface area contributed by atoms with Crippen molar-refractivity contribution in [2.24, 2.45) is 0 Å². The smallest absolute Gasteiger partial charge is 0.184 e. The van der Waals surface area contributed by atoms with Gasteiger partial charge in [-0.25, -0.2) is 0 Å². The maximum atomic E-state index is 11.3. The summed E-state index contributed by atoms with van der Waals surface area (Å²) in [7, 11) is 0. The summed E-state index contributed by atoms with van der Waals surface area (Å²) in [4.78, 5) is 1.02. The second-order valence-electron chi connectivity index (χ2n) is 7.90. The summed E-state index contributed by atoms with van der Waals surface area (Å²) in [5.41, 5.74) is 1.49. The molecule has 6 atom stereocenters. The molecule has 1 unspecified atom stereocenters. The third-order valence-electron chi connectivity index (χ3n) is 5.66. The van der Waals surface area contributed by atoms with Gasteiger partial charge in [0.2, 0.25) is 0 Å². The summed E-state index contributed by atoms with van der Waals surface area (Å²) in [6.45, 7) is 0.753. The first-order valence-electron chi connectivity index (χ1n) is 10.8. The van der Waals surface area contributed by atoms with Crippen LogP contribution in [-0.2, 0) is 25.6 Å². The molecule has 0 aliphatic carbocycles. The van der Waals surface area contributed by atoms with Crippen molar-refractivity contribution < 1.29 is 24.1 Å². The Morgan fingerprint density at radius 2 is 1.50 bits per heavy atom. The number of thioether (sulfide) groups is 1. The van der Waals surface area contributed by atoms with E-state index in [-0.39, 0.29) is 6.10 Å². The van der Waals surface area contributed by atoms with Crippen molar-refractivity contribution in [2.45, 2.75) is 47.6 Å². The summed E-state index contributed by atoms with van der Waals surface area (Å²) in [6, 6.07) is 29.7. The van der Waals surface area contributed by atoms with Crippen LogP contribution in [0.5, 0.6) is 0 Å². The predicted octanol–water partition coefficient (Wildman–Crippen LogP) is 4.56. The molecule has 0 bridgehead atoms. The van der Waals surface area contributed by atoms with E-state index in [9.17, 15) is 5.11 Å². The van der Waals surface area contributed by atoms with Crippen LogP contribution in [0.15, 0.2) is 95.9 Å². The Morgan fingerprint density at radius 3 is 2.22 bits per heavy atom. The van der Waals surface area contributed by atoms with Crippen molar-refractivity contribution >= 4 is 11.8 Å². The average molecular weight is 451 g/mol. The number of fused-ring (bicyclic) bond motifs is 1. The molecule has 2 aliphatic rings. The lowest BCUT2D eigenvalue weighted by molar-refractivity contribution is -0.325. The minimum Gasteiger partial charge on any atom is -0.387 e. The van der Waals surface area contributed by atoms with E-state index >= 15 is 0 Å². The van der Waals surface area contributed by atoms with E-state index in [1.165, 1.54) is 11.8 Å². The molecule has 2 saturated heterocycles. The molecule has 2 fully saturated rings. The van der Waals surface area contributed by atoms with Gasteiger partial charge in [-0.1, -0.05) is 90.6 Å². The molecule has 0 amide bonds. The van der Waals surface area contributed by atoms with E-state index in [1.807, 2.05) is 91.0 Å². The number of hydrogen-bond donors (Lipinski definition) is 1. The Hall–Kier alpha value is -2.19. The van der Waals surface area contributed by atoms with Crippen LogP contribution >= 0.6 is 11.8 Å². The Kier molecular flexibility index (Phi) is 6.88. The fourth-order valence-electron chi connectivity index (χ4n) is 4.03. The van der Waals surface area contributed by atoms with E-state index in [4.69, 9.17) is 18.9 Å². The maximum Gasteiger partial charge on any atom is 0.184 e. The Morgan fingerprint density at radius 1 is 0.844 bits per heavy atom. The van der Waals surface area contributed by atoms with Gasteiger partial charge in [-0.2, -0.15) is 0 Å². The van der Waals surface area contributed by atoms with Crippen molar-refractivity contribution in [3.63, 3.8) is 0 Å². The SMILES string of the molecule is O[C@@H]1[C@@H](OCc2ccccc2)[C@H]2OC(c3ccccc3)OC[C@H]2O[C@H]1Sc1ccccc1. The zero-order chi connectivity index (χ0) is 21.8. The fraction of sp³-hybridized carbons (Fsp3) is 0.308. The number of benzene rings is 3. The molecule has 0 saturated carbocycles.